The van der Waals surface area contributed by atoms with Crippen LogP contribution in [-0.2, 0) is 16.4 Å². The van der Waals surface area contributed by atoms with Crippen LogP contribution >= 0.6 is 22.7 Å². The predicted molar refractivity (Wildman–Crippen MR) is 90.5 cm³/mol. The fraction of sp³-hybridized carbons (Fsp3) is 0.429. The van der Waals surface area contributed by atoms with Crippen LogP contribution in [0.25, 0.3) is 0 Å². The first-order valence-electron chi connectivity index (χ1n) is 6.78. The van der Waals surface area contributed by atoms with Gasteiger partial charge in [0.25, 0.3) is 0 Å². The van der Waals surface area contributed by atoms with Gasteiger partial charge in [-0.05, 0) is 35.9 Å². The molecule has 0 saturated carbocycles. The number of hydrogen-bond acceptors (Lipinski definition) is 5. The summed E-state index contributed by atoms with van der Waals surface area (Å²) in [6.07, 6.45) is 2.93. The molecule has 0 aliphatic heterocycles. The average Bonchev–Trinajstić information content (AvgIpc) is 3.08. The molecule has 116 valence electrons. The summed E-state index contributed by atoms with van der Waals surface area (Å²) >= 11 is 3.52. The summed E-state index contributed by atoms with van der Waals surface area (Å²) in [7, 11) is -3.08. The van der Waals surface area contributed by atoms with Gasteiger partial charge in [-0.2, -0.15) is 0 Å². The van der Waals surface area contributed by atoms with Crippen molar-refractivity contribution in [1.29, 1.82) is 0 Å². The van der Waals surface area contributed by atoms with Gasteiger partial charge in [-0.25, -0.2) is 13.1 Å². The van der Waals surface area contributed by atoms with Crippen molar-refractivity contribution in [2.45, 2.75) is 18.9 Å². The SMILES string of the molecule is CS(=O)(=O)NCCCNC(Cc1cccs1)c1cccs1. The summed E-state index contributed by atoms with van der Waals surface area (Å²) < 4.78 is 24.5. The monoisotopic (exact) mass is 344 g/mol. The third-order valence-electron chi connectivity index (χ3n) is 2.98. The van der Waals surface area contributed by atoms with E-state index in [1.54, 1.807) is 22.7 Å². The second-order valence-electron chi connectivity index (χ2n) is 4.83. The van der Waals surface area contributed by atoms with Crippen molar-refractivity contribution in [3.8, 4) is 0 Å². The van der Waals surface area contributed by atoms with Gasteiger partial charge >= 0.3 is 0 Å². The number of nitrogens with one attached hydrogen (secondary N) is 2. The standard InChI is InChI=1S/C14H20N2O2S3/c1-21(17,18)16-8-4-7-15-13(14-6-3-10-20-14)11-12-5-2-9-19-12/h2-3,5-6,9-10,13,15-16H,4,7-8,11H2,1H3. The first kappa shape index (κ1) is 16.6. The summed E-state index contributed by atoms with van der Waals surface area (Å²) in [5.41, 5.74) is 0. The molecule has 2 N–H and O–H groups in total. The third-order valence-corrected chi connectivity index (χ3v) is 5.59. The van der Waals surface area contributed by atoms with E-state index in [1.165, 1.54) is 16.0 Å². The molecule has 2 aromatic heterocycles. The first-order valence-corrected chi connectivity index (χ1v) is 10.4. The number of thiophene rings is 2. The fourth-order valence-corrected chi connectivity index (χ4v) is 4.08. The summed E-state index contributed by atoms with van der Waals surface area (Å²) in [6.45, 7) is 1.26. The molecular formula is C14H20N2O2S3. The zero-order valence-corrected chi connectivity index (χ0v) is 14.4. The molecule has 4 nitrogen and oxygen atoms in total. The highest BCUT2D eigenvalue weighted by Gasteiger charge is 2.13. The minimum atomic E-state index is -3.08. The molecule has 1 atom stereocenters. The molecule has 0 fully saturated rings. The van der Waals surface area contributed by atoms with E-state index in [4.69, 9.17) is 0 Å². The highest BCUT2D eigenvalue weighted by Crippen LogP contribution is 2.24. The van der Waals surface area contributed by atoms with E-state index < -0.39 is 10.0 Å². The van der Waals surface area contributed by atoms with Gasteiger partial charge in [0.2, 0.25) is 10.0 Å². The van der Waals surface area contributed by atoms with Crippen molar-refractivity contribution in [3.05, 3.63) is 44.8 Å². The highest BCUT2D eigenvalue weighted by atomic mass is 32.2. The van der Waals surface area contributed by atoms with Crippen molar-refractivity contribution in [1.82, 2.24) is 10.0 Å². The molecule has 2 rings (SSSR count). The van der Waals surface area contributed by atoms with Gasteiger partial charge in [0.15, 0.2) is 0 Å². The molecule has 0 radical (unpaired) electrons. The van der Waals surface area contributed by atoms with Crippen LogP contribution in [0.3, 0.4) is 0 Å². The Morgan fingerprint density at radius 1 is 1.14 bits per heavy atom. The molecule has 0 spiro atoms. The second-order valence-corrected chi connectivity index (χ2v) is 8.67. The van der Waals surface area contributed by atoms with Crippen molar-refractivity contribution in [3.63, 3.8) is 0 Å². The maximum atomic E-state index is 11.0. The van der Waals surface area contributed by atoms with Crippen LogP contribution in [0.15, 0.2) is 35.0 Å². The van der Waals surface area contributed by atoms with Gasteiger partial charge in [-0.1, -0.05) is 12.1 Å². The van der Waals surface area contributed by atoms with E-state index in [1.807, 2.05) is 0 Å². The molecule has 0 aliphatic rings. The van der Waals surface area contributed by atoms with Crippen LogP contribution in [-0.4, -0.2) is 27.8 Å². The molecule has 0 aromatic carbocycles. The van der Waals surface area contributed by atoms with E-state index in [0.717, 1.165) is 19.4 Å². The van der Waals surface area contributed by atoms with E-state index >= 15 is 0 Å². The average molecular weight is 345 g/mol. The highest BCUT2D eigenvalue weighted by molar-refractivity contribution is 7.88. The molecule has 0 saturated heterocycles. The second kappa shape index (κ2) is 8.05. The maximum Gasteiger partial charge on any atom is 0.208 e. The van der Waals surface area contributed by atoms with E-state index in [0.29, 0.717) is 12.6 Å². The molecule has 0 bridgehead atoms. The van der Waals surface area contributed by atoms with Crippen LogP contribution in [0.2, 0.25) is 0 Å². The molecule has 1 unspecified atom stereocenters. The van der Waals surface area contributed by atoms with Crippen LogP contribution in [0, 0.1) is 0 Å². The summed E-state index contributed by atoms with van der Waals surface area (Å²) in [4.78, 5) is 2.68. The van der Waals surface area contributed by atoms with E-state index in [2.05, 4.69) is 45.1 Å². The third kappa shape index (κ3) is 6.27. The molecule has 2 aromatic rings. The summed E-state index contributed by atoms with van der Waals surface area (Å²) in [5, 5.41) is 7.71. The van der Waals surface area contributed by atoms with Gasteiger partial charge in [-0.3, -0.25) is 0 Å². The van der Waals surface area contributed by atoms with Crippen molar-refractivity contribution >= 4 is 32.7 Å². The van der Waals surface area contributed by atoms with Crippen LogP contribution < -0.4 is 10.0 Å². The van der Waals surface area contributed by atoms with E-state index in [9.17, 15) is 8.42 Å². The lowest BCUT2D eigenvalue weighted by Crippen LogP contribution is -2.28. The van der Waals surface area contributed by atoms with Crippen molar-refractivity contribution < 1.29 is 8.42 Å². The maximum absolute atomic E-state index is 11.0. The Balaban J connectivity index is 1.82. The zero-order valence-electron chi connectivity index (χ0n) is 11.9. The van der Waals surface area contributed by atoms with Gasteiger partial charge < -0.3 is 5.32 Å². The normalized spacial score (nSPS) is 13.4. The lowest BCUT2D eigenvalue weighted by Gasteiger charge is -2.17. The molecule has 0 amide bonds. The topological polar surface area (TPSA) is 58.2 Å². The smallest absolute Gasteiger partial charge is 0.208 e. The van der Waals surface area contributed by atoms with Crippen molar-refractivity contribution in [2.24, 2.45) is 0 Å². The van der Waals surface area contributed by atoms with Gasteiger partial charge in [-0.15, -0.1) is 22.7 Å². The molecule has 0 aliphatic carbocycles. The van der Waals surface area contributed by atoms with Gasteiger partial charge in [0.1, 0.15) is 0 Å². The minimum Gasteiger partial charge on any atom is -0.309 e. The molecular weight excluding hydrogens is 324 g/mol. The van der Waals surface area contributed by atoms with Crippen LogP contribution in [0.4, 0.5) is 0 Å². The van der Waals surface area contributed by atoms with Gasteiger partial charge in [0.05, 0.1) is 6.26 Å². The Kier molecular flexibility index (Phi) is 6.38. The Bertz CT molecular complexity index is 607. The number of sulfonamides is 1. The zero-order chi connectivity index (χ0) is 15.1. The van der Waals surface area contributed by atoms with Crippen LogP contribution in [0.5, 0.6) is 0 Å². The summed E-state index contributed by atoms with van der Waals surface area (Å²) in [5.74, 6) is 0. The van der Waals surface area contributed by atoms with Crippen molar-refractivity contribution in [2.75, 3.05) is 19.3 Å². The Morgan fingerprint density at radius 3 is 2.52 bits per heavy atom. The minimum absolute atomic E-state index is 0.293. The number of hydrogen-bond donors (Lipinski definition) is 2. The Labute approximate surface area is 134 Å². The van der Waals surface area contributed by atoms with Gasteiger partial charge in [0, 0.05) is 28.8 Å². The Hall–Kier alpha value is -0.730. The molecule has 2 heterocycles. The lowest BCUT2D eigenvalue weighted by molar-refractivity contribution is 0.525. The van der Waals surface area contributed by atoms with Crippen LogP contribution in [0.1, 0.15) is 22.2 Å². The van der Waals surface area contributed by atoms with E-state index in [-0.39, 0.29) is 0 Å². The lowest BCUT2D eigenvalue weighted by atomic mass is 10.1. The number of rotatable bonds is 9. The predicted octanol–water partition coefficient (Wildman–Crippen LogP) is 2.62. The molecule has 21 heavy (non-hydrogen) atoms. The first-order chi connectivity index (χ1) is 10.0. The fourth-order valence-electron chi connectivity index (χ4n) is 2.02. The quantitative estimate of drug-likeness (QED) is 0.688. The Morgan fingerprint density at radius 2 is 1.90 bits per heavy atom. The summed E-state index contributed by atoms with van der Waals surface area (Å²) in [6, 6.07) is 8.72. The molecule has 7 heteroatoms. The largest absolute Gasteiger partial charge is 0.309 e.